The Morgan fingerprint density at radius 2 is 1.79 bits per heavy atom. The van der Waals surface area contributed by atoms with Gasteiger partial charge < -0.3 is 10.1 Å². The van der Waals surface area contributed by atoms with Crippen LogP contribution in [0.3, 0.4) is 0 Å². The predicted molar refractivity (Wildman–Crippen MR) is 83.7 cm³/mol. The van der Waals surface area contributed by atoms with E-state index in [2.05, 4.69) is 10.1 Å². The third-order valence-electron chi connectivity index (χ3n) is 3.02. The maximum absolute atomic E-state index is 13.6. The fourth-order valence-corrected chi connectivity index (χ4v) is 3.11. The lowest BCUT2D eigenvalue weighted by Gasteiger charge is -2.09. The van der Waals surface area contributed by atoms with E-state index in [-0.39, 0.29) is 10.6 Å². The first-order valence-electron chi connectivity index (χ1n) is 6.66. The quantitative estimate of drug-likeness (QED) is 0.661. The molecule has 0 fully saturated rings. The highest BCUT2D eigenvalue weighted by atomic mass is 32.2. The SMILES string of the molecule is COC(=O)/C(=C\Nc1ccc(F)cc1F)S(=O)(=O)c1ccccc1. The number of hydrogen-bond acceptors (Lipinski definition) is 5. The number of sulfone groups is 1. The molecule has 0 aliphatic heterocycles. The topological polar surface area (TPSA) is 72.5 Å². The summed E-state index contributed by atoms with van der Waals surface area (Å²) < 4.78 is 56.0. The van der Waals surface area contributed by atoms with Crippen LogP contribution in [0.4, 0.5) is 14.5 Å². The zero-order valence-electron chi connectivity index (χ0n) is 12.5. The van der Waals surface area contributed by atoms with Gasteiger partial charge in [0.1, 0.15) is 11.6 Å². The van der Waals surface area contributed by atoms with Gasteiger partial charge in [-0.15, -0.1) is 0 Å². The highest BCUT2D eigenvalue weighted by Crippen LogP contribution is 2.21. The molecule has 5 nitrogen and oxygen atoms in total. The molecule has 0 aromatic heterocycles. The smallest absolute Gasteiger partial charge is 0.351 e. The first-order valence-corrected chi connectivity index (χ1v) is 8.15. The molecule has 0 aliphatic carbocycles. The van der Waals surface area contributed by atoms with Crippen molar-refractivity contribution < 1.29 is 26.7 Å². The van der Waals surface area contributed by atoms with Crippen LogP contribution >= 0.6 is 0 Å². The van der Waals surface area contributed by atoms with Crippen LogP contribution in [0.25, 0.3) is 0 Å². The summed E-state index contributed by atoms with van der Waals surface area (Å²) in [6.45, 7) is 0. The average molecular weight is 353 g/mol. The van der Waals surface area contributed by atoms with Gasteiger partial charge in [0.2, 0.25) is 9.84 Å². The van der Waals surface area contributed by atoms with E-state index in [0.29, 0.717) is 6.07 Å². The van der Waals surface area contributed by atoms with E-state index >= 15 is 0 Å². The zero-order valence-corrected chi connectivity index (χ0v) is 13.3. The van der Waals surface area contributed by atoms with Crippen LogP contribution in [0.1, 0.15) is 0 Å². The minimum absolute atomic E-state index is 0.122. The molecule has 0 heterocycles. The Kier molecular flexibility index (Phi) is 5.30. The van der Waals surface area contributed by atoms with Crippen molar-refractivity contribution in [3.8, 4) is 0 Å². The van der Waals surface area contributed by atoms with Gasteiger partial charge in [-0.2, -0.15) is 0 Å². The van der Waals surface area contributed by atoms with Gasteiger partial charge in [0.05, 0.1) is 17.7 Å². The van der Waals surface area contributed by atoms with Crippen LogP contribution in [-0.4, -0.2) is 21.5 Å². The van der Waals surface area contributed by atoms with Crippen molar-refractivity contribution in [2.75, 3.05) is 12.4 Å². The number of methoxy groups -OCH3 is 1. The van der Waals surface area contributed by atoms with Crippen molar-refractivity contribution in [2.24, 2.45) is 0 Å². The predicted octanol–water partition coefficient (Wildman–Crippen LogP) is 2.87. The second-order valence-corrected chi connectivity index (χ2v) is 6.50. The summed E-state index contributed by atoms with van der Waals surface area (Å²) in [5.41, 5.74) is -0.193. The molecule has 126 valence electrons. The molecule has 2 aromatic carbocycles. The van der Waals surface area contributed by atoms with Crippen molar-refractivity contribution >= 4 is 21.5 Å². The molecule has 0 saturated heterocycles. The van der Waals surface area contributed by atoms with Gasteiger partial charge in [-0.25, -0.2) is 22.0 Å². The first kappa shape index (κ1) is 17.6. The lowest BCUT2D eigenvalue weighted by molar-refractivity contribution is -0.135. The summed E-state index contributed by atoms with van der Waals surface area (Å²) in [5, 5.41) is 2.35. The number of rotatable bonds is 5. The van der Waals surface area contributed by atoms with Crippen LogP contribution in [0.5, 0.6) is 0 Å². The van der Waals surface area contributed by atoms with E-state index in [4.69, 9.17) is 0 Å². The highest BCUT2D eigenvalue weighted by molar-refractivity contribution is 7.96. The molecule has 8 heteroatoms. The number of benzene rings is 2. The average Bonchev–Trinajstić information content (AvgIpc) is 2.57. The normalized spacial score (nSPS) is 11.9. The molecule has 24 heavy (non-hydrogen) atoms. The molecule has 0 radical (unpaired) electrons. The number of esters is 1. The Bertz CT molecular complexity index is 880. The maximum atomic E-state index is 13.6. The van der Waals surface area contributed by atoms with Gasteiger partial charge in [0.25, 0.3) is 0 Å². The largest absolute Gasteiger partial charge is 0.465 e. The number of anilines is 1. The molecule has 0 spiro atoms. The van der Waals surface area contributed by atoms with Crippen LogP contribution in [-0.2, 0) is 19.4 Å². The van der Waals surface area contributed by atoms with Gasteiger partial charge in [-0.05, 0) is 24.3 Å². The third kappa shape index (κ3) is 3.77. The number of carbonyl (C=O) groups excluding carboxylic acids is 1. The van der Waals surface area contributed by atoms with Crippen molar-refractivity contribution in [1.82, 2.24) is 0 Å². The Labute approximate surface area is 137 Å². The molecule has 0 aliphatic rings. The molecule has 2 aromatic rings. The highest BCUT2D eigenvalue weighted by Gasteiger charge is 2.28. The monoisotopic (exact) mass is 353 g/mol. The summed E-state index contributed by atoms with van der Waals surface area (Å²) in [6, 6.07) is 9.92. The van der Waals surface area contributed by atoms with Crippen molar-refractivity contribution in [1.29, 1.82) is 0 Å². The number of carbonyl (C=O) groups is 1. The minimum Gasteiger partial charge on any atom is -0.465 e. The maximum Gasteiger partial charge on any atom is 0.351 e. The van der Waals surface area contributed by atoms with Gasteiger partial charge in [0, 0.05) is 12.3 Å². The Hall–Kier alpha value is -2.74. The molecule has 0 saturated carbocycles. The fourth-order valence-electron chi connectivity index (χ4n) is 1.82. The zero-order chi connectivity index (χ0) is 17.7. The second kappa shape index (κ2) is 7.22. The van der Waals surface area contributed by atoms with Crippen LogP contribution in [0.2, 0.25) is 0 Å². The van der Waals surface area contributed by atoms with Gasteiger partial charge in [0.15, 0.2) is 4.91 Å². The Balaban J connectivity index is 2.44. The number of ether oxygens (including phenoxy) is 1. The van der Waals surface area contributed by atoms with E-state index in [1.54, 1.807) is 6.07 Å². The van der Waals surface area contributed by atoms with Crippen LogP contribution in [0, 0.1) is 11.6 Å². The molecule has 0 amide bonds. The van der Waals surface area contributed by atoms with Gasteiger partial charge in [-0.3, -0.25) is 0 Å². The van der Waals surface area contributed by atoms with E-state index in [1.807, 2.05) is 0 Å². The molecular formula is C16H13F2NO4S. The molecular weight excluding hydrogens is 340 g/mol. The van der Waals surface area contributed by atoms with Gasteiger partial charge >= 0.3 is 5.97 Å². The minimum atomic E-state index is -4.18. The lowest BCUT2D eigenvalue weighted by Crippen LogP contribution is -2.17. The standard InChI is InChI=1S/C16H13F2NO4S/c1-23-16(20)15(24(21,22)12-5-3-2-4-6-12)10-19-14-8-7-11(17)9-13(14)18/h2-10,19H,1H3/b15-10+. The fraction of sp³-hybridized carbons (Fsp3) is 0.0625. The van der Waals surface area contributed by atoms with E-state index in [9.17, 15) is 22.0 Å². The summed E-state index contributed by atoms with van der Waals surface area (Å²) in [5.74, 6) is -2.84. The molecule has 0 atom stereocenters. The second-order valence-electron chi connectivity index (χ2n) is 4.59. The lowest BCUT2D eigenvalue weighted by atomic mass is 10.3. The summed E-state index contributed by atoms with van der Waals surface area (Å²) in [6.07, 6.45) is 0.810. The summed E-state index contributed by atoms with van der Waals surface area (Å²) in [4.78, 5) is 11.0. The van der Waals surface area contributed by atoms with Crippen LogP contribution in [0.15, 0.2) is 64.5 Å². The van der Waals surface area contributed by atoms with Crippen molar-refractivity contribution in [3.63, 3.8) is 0 Å². The van der Waals surface area contributed by atoms with Crippen molar-refractivity contribution in [2.45, 2.75) is 4.90 Å². The van der Waals surface area contributed by atoms with Gasteiger partial charge in [-0.1, -0.05) is 18.2 Å². The third-order valence-corrected chi connectivity index (χ3v) is 4.78. The molecule has 2 rings (SSSR count). The van der Waals surface area contributed by atoms with Crippen molar-refractivity contribution in [3.05, 3.63) is 71.3 Å². The van der Waals surface area contributed by atoms with E-state index < -0.39 is 32.3 Å². The number of nitrogens with one attached hydrogen (secondary N) is 1. The summed E-state index contributed by atoms with van der Waals surface area (Å²) in [7, 11) is -3.15. The van der Waals surface area contributed by atoms with E-state index in [1.165, 1.54) is 24.3 Å². The molecule has 0 unspecified atom stereocenters. The van der Waals surface area contributed by atoms with E-state index in [0.717, 1.165) is 25.4 Å². The number of hydrogen-bond donors (Lipinski definition) is 1. The molecule has 1 N–H and O–H groups in total. The number of halogens is 2. The Morgan fingerprint density at radius 1 is 1.12 bits per heavy atom. The first-order chi connectivity index (χ1) is 11.4. The molecule has 0 bridgehead atoms. The van der Waals surface area contributed by atoms with Crippen LogP contribution < -0.4 is 5.32 Å². The Morgan fingerprint density at radius 3 is 2.38 bits per heavy atom. The summed E-state index contributed by atoms with van der Waals surface area (Å²) >= 11 is 0.